The lowest BCUT2D eigenvalue weighted by atomic mass is 10.1. The number of carbonyl (C=O) groups is 2. The van der Waals surface area contributed by atoms with Gasteiger partial charge in [-0.1, -0.05) is 18.2 Å². The molecule has 30 heavy (non-hydrogen) atoms. The molecule has 0 atom stereocenters. The third-order valence-electron chi connectivity index (χ3n) is 4.96. The molecule has 1 saturated carbocycles. The smallest absolute Gasteiger partial charge is 0.251 e. The lowest BCUT2D eigenvalue weighted by molar-refractivity contribution is -0.114. The van der Waals surface area contributed by atoms with E-state index in [1.165, 1.54) is 0 Å². The zero-order valence-electron chi connectivity index (χ0n) is 16.7. The molecule has 6 nitrogen and oxygen atoms in total. The van der Waals surface area contributed by atoms with E-state index in [1.54, 1.807) is 11.3 Å². The number of anilines is 3. The molecule has 0 radical (unpaired) electrons. The van der Waals surface area contributed by atoms with Crippen LogP contribution in [0.15, 0.2) is 53.9 Å². The third kappa shape index (κ3) is 4.87. The number of nitrogens with one attached hydrogen (secondary N) is 3. The molecule has 1 fully saturated rings. The van der Waals surface area contributed by atoms with Crippen molar-refractivity contribution in [2.75, 3.05) is 17.2 Å². The van der Waals surface area contributed by atoms with Gasteiger partial charge in [0.1, 0.15) is 0 Å². The summed E-state index contributed by atoms with van der Waals surface area (Å²) in [5.41, 5.74) is 10.9. The van der Waals surface area contributed by atoms with E-state index in [9.17, 15) is 9.59 Å². The molecular weight excluding hydrogens is 396 g/mol. The van der Waals surface area contributed by atoms with Gasteiger partial charge in [-0.2, -0.15) is 0 Å². The van der Waals surface area contributed by atoms with Crippen LogP contribution in [0.25, 0.3) is 11.1 Å². The molecule has 0 unspecified atom stereocenters. The SMILES string of the molecule is Cc1ccc(C(=O)NC2CC2)cc1Nc1cc(-c2ccc(NC(=O)CN)cc2)cs1. The van der Waals surface area contributed by atoms with E-state index in [0.29, 0.717) is 11.6 Å². The van der Waals surface area contributed by atoms with Crippen molar-refractivity contribution in [2.45, 2.75) is 25.8 Å². The van der Waals surface area contributed by atoms with Gasteiger partial charge in [0.25, 0.3) is 5.91 Å². The Kier molecular flexibility index (Phi) is 5.83. The van der Waals surface area contributed by atoms with Gasteiger partial charge in [0, 0.05) is 28.4 Å². The summed E-state index contributed by atoms with van der Waals surface area (Å²) in [4.78, 5) is 23.7. The van der Waals surface area contributed by atoms with Crippen molar-refractivity contribution in [1.82, 2.24) is 5.32 Å². The topological polar surface area (TPSA) is 96.2 Å². The summed E-state index contributed by atoms with van der Waals surface area (Å²) in [5.74, 6) is -0.234. The van der Waals surface area contributed by atoms with Crippen molar-refractivity contribution < 1.29 is 9.59 Å². The van der Waals surface area contributed by atoms with Crippen molar-refractivity contribution in [3.63, 3.8) is 0 Å². The van der Waals surface area contributed by atoms with E-state index < -0.39 is 0 Å². The maximum Gasteiger partial charge on any atom is 0.251 e. The first-order valence-electron chi connectivity index (χ1n) is 9.89. The summed E-state index contributed by atoms with van der Waals surface area (Å²) in [6.07, 6.45) is 2.14. The van der Waals surface area contributed by atoms with Gasteiger partial charge in [-0.3, -0.25) is 9.59 Å². The molecule has 2 amide bonds. The van der Waals surface area contributed by atoms with Gasteiger partial charge >= 0.3 is 0 Å². The van der Waals surface area contributed by atoms with E-state index in [0.717, 1.165) is 45.9 Å². The molecule has 0 bridgehead atoms. The van der Waals surface area contributed by atoms with Crippen molar-refractivity contribution in [2.24, 2.45) is 5.73 Å². The summed E-state index contributed by atoms with van der Waals surface area (Å²) < 4.78 is 0. The van der Waals surface area contributed by atoms with Crippen molar-refractivity contribution in [3.8, 4) is 11.1 Å². The molecule has 0 spiro atoms. The summed E-state index contributed by atoms with van der Waals surface area (Å²) >= 11 is 1.60. The van der Waals surface area contributed by atoms with Crippen LogP contribution in [0.3, 0.4) is 0 Å². The Labute approximate surface area is 179 Å². The lowest BCUT2D eigenvalue weighted by Gasteiger charge is -2.10. The van der Waals surface area contributed by atoms with Crippen LogP contribution in [0.5, 0.6) is 0 Å². The van der Waals surface area contributed by atoms with Gasteiger partial charge < -0.3 is 21.7 Å². The Balaban J connectivity index is 1.46. The molecule has 0 saturated heterocycles. The fraction of sp³-hybridized carbons (Fsp3) is 0.217. The Morgan fingerprint density at radius 3 is 2.53 bits per heavy atom. The summed E-state index contributed by atoms with van der Waals surface area (Å²) in [6.45, 7) is 1.98. The Morgan fingerprint density at radius 1 is 1.07 bits per heavy atom. The van der Waals surface area contributed by atoms with Crippen LogP contribution in [-0.4, -0.2) is 24.4 Å². The summed E-state index contributed by atoms with van der Waals surface area (Å²) in [5, 5.41) is 12.3. The van der Waals surface area contributed by atoms with Crippen LogP contribution in [0.1, 0.15) is 28.8 Å². The number of aryl methyl sites for hydroxylation is 1. The zero-order chi connectivity index (χ0) is 21.1. The quantitative estimate of drug-likeness (QED) is 0.459. The number of hydrogen-bond acceptors (Lipinski definition) is 5. The van der Waals surface area contributed by atoms with Crippen molar-refractivity contribution >= 4 is 39.5 Å². The molecule has 2 aromatic carbocycles. The normalized spacial score (nSPS) is 13.0. The molecule has 1 aliphatic carbocycles. The number of carbonyl (C=O) groups excluding carboxylic acids is 2. The monoisotopic (exact) mass is 420 g/mol. The van der Waals surface area contributed by atoms with Gasteiger partial charge in [0.15, 0.2) is 0 Å². The molecule has 4 rings (SSSR count). The molecule has 1 aliphatic rings. The van der Waals surface area contributed by atoms with Gasteiger partial charge in [0.2, 0.25) is 5.91 Å². The van der Waals surface area contributed by atoms with Crippen LogP contribution in [0.2, 0.25) is 0 Å². The number of thiophene rings is 1. The minimum atomic E-state index is -0.215. The molecule has 154 valence electrons. The van der Waals surface area contributed by atoms with Gasteiger partial charge in [-0.15, -0.1) is 11.3 Å². The predicted molar refractivity (Wildman–Crippen MR) is 122 cm³/mol. The number of rotatable bonds is 7. The summed E-state index contributed by atoms with van der Waals surface area (Å²) in [7, 11) is 0. The first-order valence-corrected chi connectivity index (χ1v) is 10.8. The fourth-order valence-electron chi connectivity index (χ4n) is 3.04. The Morgan fingerprint density at radius 2 is 1.83 bits per heavy atom. The Bertz CT molecular complexity index is 1070. The highest BCUT2D eigenvalue weighted by Crippen LogP contribution is 2.33. The Hall–Kier alpha value is -3.16. The maximum absolute atomic E-state index is 12.3. The highest BCUT2D eigenvalue weighted by atomic mass is 32.1. The average Bonchev–Trinajstić information content (AvgIpc) is 3.44. The van der Waals surface area contributed by atoms with E-state index in [1.807, 2.05) is 49.4 Å². The number of benzene rings is 2. The fourth-order valence-corrected chi connectivity index (χ4v) is 3.86. The van der Waals surface area contributed by atoms with Gasteiger partial charge in [-0.25, -0.2) is 0 Å². The zero-order valence-corrected chi connectivity index (χ0v) is 17.5. The van der Waals surface area contributed by atoms with Gasteiger partial charge in [0.05, 0.1) is 11.5 Å². The summed E-state index contributed by atoms with van der Waals surface area (Å²) in [6, 6.07) is 15.8. The van der Waals surface area contributed by atoms with Crippen molar-refractivity contribution in [3.05, 3.63) is 65.0 Å². The van der Waals surface area contributed by atoms with Crippen LogP contribution in [-0.2, 0) is 4.79 Å². The van der Waals surface area contributed by atoms with Crippen LogP contribution in [0, 0.1) is 6.92 Å². The van der Waals surface area contributed by atoms with E-state index in [4.69, 9.17) is 5.73 Å². The van der Waals surface area contributed by atoms with Gasteiger partial charge in [-0.05, 0) is 66.8 Å². The number of nitrogens with two attached hydrogens (primary N) is 1. The molecule has 0 aliphatic heterocycles. The standard InChI is InChI=1S/C23H24N4O2S/c1-14-2-3-16(23(29)26-19-8-9-19)10-20(14)27-22-11-17(13-30-22)15-4-6-18(7-5-15)25-21(28)12-24/h2-7,10-11,13,19,27H,8-9,12,24H2,1H3,(H,25,28)(H,26,29). The molecule has 3 aromatic rings. The van der Waals surface area contributed by atoms with Crippen molar-refractivity contribution in [1.29, 1.82) is 0 Å². The highest BCUT2D eigenvalue weighted by molar-refractivity contribution is 7.14. The number of hydrogen-bond donors (Lipinski definition) is 4. The predicted octanol–water partition coefficient (Wildman–Crippen LogP) is 4.26. The average molecular weight is 421 g/mol. The van der Waals surface area contributed by atoms with E-state index in [2.05, 4.69) is 27.4 Å². The molecule has 7 heteroatoms. The molecule has 1 aromatic heterocycles. The second-order valence-corrected chi connectivity index (χ2v) is 8.34. The molecular formula is C23H24N4O2S. The highest BCUT2D eigenvalue weighted by Gasteiger charge is 2.24. The van der Waals surface area contributed by atoms with Crippen LogP contribution >= 0.6 is 11.3 Å². The second kappa shape index (κ2) is 8.69. The molecule has 5 N–H and O–H groups in total. The van der Waals surface area contributed by atoms with E-state index >= 15 is 0 Å². The molecule has 1 heterocycles. The largest absolute Gasteiger partial charge is 0.349 e. The second-order valence-electron chi connectivity index (χ2n) is 7.43. The van der Waals surface area contributed by atoms with Crippen LogP contribution in [0.4, 0.5) is 16.4 Å². The minimum Gasteiger partial charge on any atom is -0.349 e. The third-order valence-corrected chi connectivity index (χ3v) is 5.80. The van der Waals surface area contributed by atoms with E-state index in [-0.39, 0.29) is 18.4 Å². The number of amides is 2. The first kappa shape index (κ1) is 20.1. The minimum absolute atomic E-state index is 0.0192. The lowest BCUT2D eigenvalue weighted by Crippen LogP contribution is -2.25. The first-order chi connectivity index (χ1) is 14.5. The van der Waals surface area contributed by atoms with Crippen LogP contribution < -0.4 is 21.7 Å². The maximum atomic E-state index is 12.3.